The van der Waals surface area contributed by atoms with Crippen molar-refractivity contribution < 1.29 is 37.8 Å². The maximum absolute atomic E-state index is 12.9. The molecule has 0 fully saturated rings. The third-order valence-corrected chi connectivity index (χ3v) is 5.65. The molecule has 220 valence electrons. The van der Waals surface area contributed by atoms with Crippen molar-refractivity contribution in [2.75, 3.05) is 17.2 Å². The van der Waals surface area contributed by atoms with Crippen LogP contribution >= 0.6 is 0 Å². The van der Waals surface area contributed by atoms with Crippen LogP contribution in [-0.2, 0) is 9.59 Å². The van der Waals surface area contributed by atoms with Crippen LogP contribution in [0.15, 0.2) is 84.9 Å². The van der Waals surface area contributed by atoms with Crippen LogP contribution in [0.1, 0.15) is 22.3 Å². The van der Waals surface area contributed by atoms with Gasteiger partial charge in [-0.3, -0.25) is 9.59 Å². The zero-order valence-corrected chi connectivity index (χ0v) is 22.2. The molecule has 6 N–H and O–H groups in total. The number of phenols is 1. The third-order valence-electron chi connectivity index (χ3n) is 5.65. The first kappa shape index (κ1) is 31.8. The summed E-state index contributed by atoms with van der Waals surface area (Å²) in [6.45, 7) is 0.225. The second-order valence-corrected chi connectivity index (χ2v) is 8.70. The normalized spacial score (nSPS) is 10.5. The van der Waals surface area contributed by atoms with E-state index in [9.17, 15) is 33.1 Å². The number of alkyl halides is 3. The van der Waals surface area contributed by atoms with E-state index in [4.69, 9.17) is 15.6 Å². The van der Waals surface area contributed by atoms with Crippen LogP contribution in [0.5, 0.6) is 5.75 Å². The maximum Gasteiger partial charge on any atom is 0.490 e. The molecule has 3 aromatic carbocycles. The van der Waals surface area contributed by atoms with Crippen molar-refractivity contribution >= 4 is 29.3 Å². The molecule has 0 radical (unpaired) electrons. The first-order valence-corrected chi connectivity index (χ1v) is 12.4. The molecule has 0 bridgehead atoms. The monoisotopic (exact) mass is 591 g/mol. The number of carboxylic acids is 1. The van der Waals surface area contributed by atoms with E-state index in [0.717, 1.165) is 0 Å². The van der Waals surface area contributed by atoms with Gasteiger partial charge in [-0.2, -0.15) is 18.4 Å². The SMILES string of the molecule is N#Cc1c(-c2cccc(NC(=O)CCN)c2)cc(-c2ccccc2O)nc1NC(=O)c1ccccc1.O=C(O)C(F)(F)F. The predicted molar refractivity (Wildman–Crippen MR) is 152 cm³/mol. The van der Waals surface area contributed by atoms with Crippen LogP contribution in [0.3, 0.4) is 0 Å². The number of aromatic nitrogens is 1. The minimum atomic E-state index is -5.08. The molecule has 1 heterocycles. The summed E-state index contributed by atoms with van der Waals surface area (Å²) in [5.41, 5.74) is 8.44. The number of anilines is 2. The highest BCUT2D eigenvalue weighted by Gasteiger charge is 2.38. The van der Waals surface area contributed by atoms with E-state index < -0.39 is 18.1 Å². The Morgan fingerprint density at radius 1 is 0.907 bits per heavy atom. The van der Waals surface area contributed by atoms with E-state index in [1.807, 2.05) is 0 Å². The second kappa shape index (κ2) is 14.2. The van der Waals surface area contributed by atoms with E-state index in [1.54, 1.807) is 78.9 Å². The Labute approximate surface area is 243 Å². The van der Waals surface area contributed by atoms with Gasteiger partial charge in [-0.25, -0.2) is 9.78 Å². The molecule has 0 saturated heterocycles. The molecular weight excluding hydrogens is 567 g/mol. The fourth-order valence-electron chi connectivity index (χ4n) is 3.69. The van der Waals surface area contributed by atoms with E-state index in [0.29, 0.717) is 33.6 Å². The number of aliphatic carboxylic acids is 1. The van der Waals surface area contributed by atoms with Gasteiger partial charge in [0.05, 0.1) is 5.69 Å². The highest BCUT2D eigenvalue weighted by molar-refractivity contribution is 6.05. The number of pyridine rings is 1. The highest BCUT2D eigenvalue weighted by atomic mass is 19.4. The lowest BCUT2D eigenvalue weighted by Gasteiger charge is -2.15. The number of phenolic OH excluding ortho intramolecular Hbond substituents is 1. The number of carbonyl (C=O) groups is 3. The molecule has 0 saturated carbocycles. The van der Waals surface area contributed by atoms with E-state index in [-0.39, 0.29) is 36.0 Å². The van der Waals surface area contributed by atoms with E-state index >= 15 is 0 Å². The smallest absolute Gasteiger partial charge is 0.490 e. The van der Waals surface area contributed by atoms with Gasteiger partial charge in [0, 0.05) is 35.3 Å². The average molecular weight is 592 g/mol. The molecule has 1 aromatic heterocycles. The molecule has 0 spiro atoms. The molecule has 4 rings (SSSR count). The Hall–Kier alpha value is -5.74. The van der Waals surface area contributed by atoms with Gasteiger partial charge in [0.15, 0.2) is 5.82 Å². The predicted octanol–water partition coefficient (Wildman–Crippen LogP) is 5.17. The number of benzene rings is 3. The zero-order chi connectivity index (χ0) is 31.6. The summed E-state index contributed by atoms with van der Waals surface area (Å²) >= 11 is 0. The van der Waals surface area contributed by atoms with Crippen LogP contribution in [0.4, 0.5) is 24.7 Å². The number of nitrogens with one attached hydrogen (secondary N) is 2. The number of nitrogens with two attached hydrogens (primary N) is 1. The van der Waals surface area contributed by atoms with Crippen LogP contribution < -0.4 is 16.4 Å². The lowest BCUT2D eigenvalue weighted by Crippen LogP contribution is -2.21. The number of rotatable bonds is 7. The topological polar surface area (TPSA) is 178 Å². The molecule has 43 heavy (non-hydrogen) atoms. The summed E-state index contributed by atoms with van der Waals surface area (Å²) in [7, 11) is 0. The first-order chi connectivity index (χ1) is 20.4. The third kappa shape index (κ3) is 8.62. The van der Waals surface area contributed by atoms with Crippen molar-refractivity contribution in [1.29, 1.82) is 5.26 Å². The number of hydrogen-bond acceptors (Lipinski definition) is 7. The number of nitriles is 1. The Bertz CT molecular complexity index is 1670. The number of hydrogen-bond donors (Lipinski definition) is 5. The summed E-state index contributed by atoms with van der Waals surface area (Å²) in [5.74, 6) is -3.35. The van der Waals surface area contributed by atoms with Gasteiger partial charge in [0.25, 0.3) is 5.91 Å². The van der Waals surface area contributed by atoms with Crippen molar-refractivity contribution in [1.82, 2.24) is 4.98 Å². The molecule has 0 aliphatic heterocycles. The molecule has 0 aliphatic carbocycles. The molecular formula is C30H24F3N5O5. The quantitative estimate of drug-likeness (QED) is 0.195. The van der Waals surface area contributed by atoms with Crippen molar-refractivity contribution in [3.8, 4) is 34.2 Å². The van der Waals surface area contributed by atoms with Crippen LogP contribution in [0.25, 0.3) is 22.4 Å². The lowest BCUT2D eigenvalue weighted by molar-refractivity contribution is -0.192. The van der Waals surface area contributed by atoms with Crippen molar-refractivity contribution in [2.24, 2.45) is 5.73 Å². The zero-order valence-electron chi connectivity index (χ0n) is 22.2. The summed E-state index contributed by atoms with van der Waals surface area (Å²) in [6, 6.07) is 26.1. The number of aromatic hydroxyl groups is 1. The fraction of sp³-hybridized carbons (Fsp3) is 0.100. The first-order valence-electron chi connectivity index (χ1n) is 12.4. The molecule has 0 atom stereocenters. The van der Waals surface area contributed by atoms with Crippen molar-refractivity contribution in [3.63, 3.8) is 0 Å². The van der Waals surface area contributed by atoms with Crippen LogP contribution in [-0.4, -0.2) is 45.7 Å². The van der Waals surface area contributed by atoms with Crippen LogP contribution in [0, 0.1) is 11.3 Å². The summed E-state index contributed by atoms with van der Waals surface area (Å²) in [4.78, 5) is 38.4. The largest absolute Gasteiger partial charge is 0.507 e. The number of carboxylic acid groups (broad SMARTS) is 1. The van der Waals surface area contributed by atoms with Gasteiger partial charge in [-0.15, -0.1) is 0 Å². The van der Waals surface area contributed by atoms with Crippen molar-refractivity contribution in [3.05, 3.63) is 96.1 Å². The Morgan fingerprint density at radius 2 is 1.56 bits per heavy atom. The Kier molecular flexibility index (Phi) is 10.5. The summed E-state index contributed by atoms with van der Waals surface area (Å²) in [6.07, 6.45) is -4.91. The molecule has 10 nitrogen and oxygen atoms in total. The van der Waals surface area contributed by atoms with Gasteiger partial charge in [-0.05, 0) is 48.0 Å². The molecule has 0 aliphatic rings. The maximum atomic E-state index is 12.9. The van der Waals surface area contributed by atoms with E-state index in [1.165, 1.54) is 6.07 Å². The van der Waals surface area contributed by atoms with E-state index in [2.05, 4.69) is 21.7 Å². The van der Waals surface area contributed by atoms with Crippen molar-refractivity contribution in [2.45, 2.75) is 12.6 Å². The number of nitrogens with zero attached hydrogens (tertiary/aromatic N) is 2. The molecule has 13 heteroatoms. The standard InChI is InChI=1S/C28H23N5O3.C2HF3O2/c29-14-13-26(35)31-20-10-6-9-19(15-20)22-16-24(21-11-4-5-12-25(21)34)32-27(23(22)17-30)33-28(36)18-7-2-1-3-8-18;3-2(4,5)1(6)7/h1-12,15-16,34H,13-14,29H2,(H,31,35)(H,32,33,36);(H,6,7). The Morgan fingerprint density at radius 3 is 2.16 bits per heavy atom. The number of para-hydroxylation sites is 1. The molecule has 4 aromatic rings. The summed E-state index contributed by atoms with van der Waals surface area (Å²) in [5, 5.41) is 33.2. The van der Waals surface area contributed by atoms with Gasteiger partial charge in [0.1, 0.15) is 17.4 Å². The van der Waals surface area contributed by atoms with Gasteiger partial charge < -0.3 is 26.6 Å². The second-order valence-electron chi connectivity index (χ2n) is 8.70. The highest BCUT2D eigenvalue weighted by Crippen LogP contribution is 2.36. The fourth-order valence-corrected chi connectivity index (χ4v) is 3.69. The van der Waals surface area contributed by atoms with Gasteiger partial charge in [-0.1, -0.05) is 42.5 Å². The lowest BCUT2D eigenvalue weighted by atomic mass is 9.97. The van der Waals surface area contributed by atoms with Gasteiger partial charge >= 0.3 is 12.1 Å². The number of halogens is 3. The minimum absolute atomic E-state index is 0.00351. The number of carbonyl (C=O) groups excluding carboxylic acids is 2. The van der Waals surface area contributed by atoms with Gasteiger partial charge in [0.2, 0.25) is 5.91 Å². The van der Waals surface area contributed by atoms with Crippen LogP contribution in [0.2, 0.25) is 0 Å². The molecule has 0 unspecified atom stereocenters. The Balaban J connectivity index is 0.000000646. The average Bonchev–Trinajstić information content (AvgIpc) is 2.97. The minimum Gasteiger partial charge on any atom is -0.507 e. The molecule has 2 amide bonds. The number of amides is 2. The summed E-state index contributed by atoms with van der Waals surface area (Å²) < 4.78 is 31.7.